The van der Waals surface area contributed by atoms with E-state index in [0.717, 1.165) is 0 Å². The van der Waals surface area contributed by atoms with Gasteiger partial charge >= 0.3 is 14.4 Å². The first kappa shape index (κ1) is 14.2. The fourth-order valence-electron chi connectivity index (χ4n) is 0.873. The summed E-state index contributed by atoms with van der Waals surface area (Å²) >= 11 is 2.64. The van der Waals surface area contributed by atoms with Gasteiger partial charge in [0.05, 0.1) is 0 Å². The van der Waals surface area contributed by atoms with Crippen LogP contribution in [0, 0.1) is 0 Å². The Hall–Kier alpha value is -0.830. The van der Waals surface area contributed by atoms with E-state index in [1.165, 1.54) is 22.7 Å². The second-order valence-corrected chi connectivity index (χ2v) is 4.65. The zero-order chi connectivity index (χ0) is 12.7. The van der Waals surface area contributed by atoms with Gasteiger partial charge in [0.2, 0.25) is 0 Å². The fraction of sp³-hybridized carbons (Fsp3) is 0. The Balaban J connectivity index is 0.000000171. The molecule has 2 rings (SSSR count). The van der Waals surface area contributed by atoms with E-state index in [-0.39, 0.29) is 0 Å². The zero-order valence-electron chi connectivity index (χ0n) is 8.63. The van der Waals surface area contributed by atoms with Crippen LogP contribution < -0.4 is 9.43 Å². The Labute approximate surface area is 107 Å². The molecular formula is C8H10B2O5S2. The van der Waals surface area contributed by atoms with Crippen LogP contribution in [0.4, 0.5) is 0 Å². The predicted octanol–water partition coefficient (Wildman–Crippen LogP) is -0.476. The molecular weight excluding hydrogens is 262 g/mol. The van der Waals surface area contributed by atoms with Crippen molar-refractivity contribution >= 4 is 41.9 Å². The molecule has 4 N–H and O–H groups in total. The lowest BCUT2D eigenvalue weighted by atomic mass is 9.90. The molecule has 0 amide bonds. The van der Waals surface area contributed by atoms with Crippen LogP contribution in [-0.2, 0) is 0 Å². The smallest absolute Gasteiger partial charge is 0.504 e. The van der Waals surface area contributed by atoms with Gasteiger partial charge in [-0.05, 0) is 22.9 Å². The van der Waals surface area contributed by atoms with Crippen LogP contribution in [0.5, 0.6) is 5.06 Å². The average molecular weight is 272 g/mol. The van der Waals surface area contributed by atoms with Crippen molar-refractivity contribution in [1.29, 1.82) is 0 Å². The van der Waals surface area contributed by atoms with Crippen molar-refractivity contribution in [3.63, 3.8) is 0 Å². The molecule has 0 aromatic carbocycles. The third-order valence-electron chi connectivity index (χ3n) is 1.51. The number of rotatable bonds is 3. The molecule has 90 valence electrons. The summed E-state index contributed by atoms with van der Waals surface area (Å²) in [5.74, 6) is 0. The number of hydrogen-bond acceptors (Lipinski definition) is 7. The van der Waals surface area contributed by atoms with Gasteiger partial charge in [-0.2, -0.15) is 11.3 Å². The minimum absolute atomic E-state index is 0.505. The summed E-state index contributed by atoms with van der Waals surface area (Å²) < 4.78 is 5.07. The molecule has 2 aromatic rings. The summed E-state index contributed by atoms with van der Waals surface area (Å²) in [4.78, 5) is 0. The van der Waals surface area contributed by atoms with Crippen LogP contribution in [-0.4, -0.2) is 34.5 Å². The van der Waals surface area contributed by atoms with Crippen LogP contribution in [0.1, 0.15) is 0 Å². The first-order valence-electron chi connectivity index (χ1n) is 4.55. The van der Waals surface area contributed by atoms with E-state index >= 15 is 0 Å². The van der Waals surface area contributed by atoms with E-state index < -0.39 is 14.4 Å². The molecule has 0 unspecified atom stereocenters. The maximum Gasteiger partial charge on any atom is 0.708 e. The molecule has 0 saturated heterocycles. The zero-order valence-corrected chi connectivity index (χ0v) is 10.3. The lowest BCUT2D eigenvalue weighted by Gasteiger charge is -1.97. The van der Waals surface area contributed by atoms with Crippen molar-refractivity contribution in [3.05, 3.63) is 35.0 Å². The van der Waals surface area contributed by atoms with Gasteiger partial charge in [-0.1, -0.05) is 12.1 Å². The molecule has 2 aromatic heterocycles. The van der Waals surface area contributed by atoms with Crippen LogP contribution >= 0.6 is 22.7 Å². The van der Waals surface area contributed by atoms with E-state index in [9.17, 15) is 0 Å². The first-order valence-corrected chi connectivity index (χ1v) is 6.31. The predicted molar refractivity (Wildman–Crippen MR) is 69.3 cm³/mol. The third kappa shape index (κ3) is 5.87. The minimum atomic E-state index is -1.70. The number of hydrogen-bond donors (Lipinski definition) is 4. The lowest BCUT2D eigenvalue weighted by molar-refractivity contribution is 0.291. The summed E-state index contributed by atoms with van der Waals surface area (Å²) in [5.41, 5.74) is 0. The highest BCUT2D eigenvalue weighted by Crippen LogP contribution is 2.17. The summed E-state index contributed by atoms with van der Waals surface area (Å²) in [6.45, 7) is 0. The molecule has 0 aliphatic rings. The molecule has 0 bridgehead atoms. The van der Waals surface area contributed by atoms with E-state index in [1.807, 2.05) is 0 Å². The van der Waals surface area contributed by atoms with E-state index in [2.05, 4.69) is 4.65 Å². The minimum Gasteiger partial charge on any atom is -0.504 e. The maximum absolute atomic E-state index is 8.48. The topological polar surface area (TPSA) is 90.2 Å². The molecule has 0 spiro atoms. The Morgan fingerprint density at radius 1 is 0.941 bits per heavy atom. The summed E-state index contributed by atoms with van der Waals surface area (Å²) in [7, 11) is -3.00. The van der Waals surface area contributed by atoms with Crippen LogP contribution in [0.15, 0.2) is 35.0 Å². The van der Waals surface area contributed by atoms with Gasteiger partial charge in [-0.15, -0.1) is 11.3 Å². The van der Waals surface area contributed by atoms with E-state index in [1.54, 1.807) is 35.0 Å². The standard InChI is InChI=1S/C4H5BO3S.C4H5BO2S/c6-5(7)8-4-2-1-3-9-4;6-5(7)4-2-1-3-8-4/h1-3,6-7H;1-3,6-7H. The van der Waals surface area contributed by atoms with E-state index in [4.69, 9.17) is 20.1 Å². The first-order chi connectivity index (χ1) is 8.09. The molecule has 0 atom stereocenters. The number of thiophene rings is 2. The normalized spacial score (nSPS) is 9.18. The molecule has 0 aliphatic heterocycles. The van der Waals surface area contributed by atoms with Crippen LogP contribution in [0.2, 0.25) is 0 Å². The summed E-state index contributed by atoms with van der Waals surface area (Å²) in [6, 6.07) is 6.88. The molecule has 0 radical (unpaired) electrons. The van der Waals surface area contributed by atoms with Gasteiger partial charge < -0.3 is 24.8 Å². The highest BCUT2D eigenvalue weighted by molar-refractivity contribution is 7.20. The van der Waals surface area contributed by atoms with E-state index in [0.29, 0.717) is 9.84 Å². The van der Waals surface area contributed by atoms with Crippen molar-refractivity contribution in [2.75, 3.05) is 0 Å². The van der Waals surface area contributed by atoms with Gasteiger partial charge in [-0.25, -0.2) is 0 Å². The van der Waals surface area contributed by atoms with Gasteiger partial charge in [0.25, 0.3) is 0 Å². The molecule has 0 saturated carbocycles. The van der Waals surface area contributed by atoms with Crippen molar-refractivity contribution in [3.8, 4) is 5.06 Å². The Morgan fingerprint density at radius 3 is 1.94 bits per heavy atom. The molecule has 9 heteroatoms. The third-order valence-corrected chi connectivity index (χ3v) is 3.18. The van der Waals surface area contributed by atoms with Gasteiger partial charge in [0.15, 0.2) is 5.06 Å². The van der Waals surface area contributed by atoms with Gasteiger partial charge in [0, 0.05) is 4.78 Å². The summed E-state index contributed by atoms with van der Waals surface area (Å²) in [5, 5.41) is 37.6. The quantitative estimate of drug-likeness (QED) is 0.567. The maximum atomic E-state index is 8.48. The highest BCUT2D eigenvalue weighted by Gasteiger charge is 2.10. The van der Waals surface area contributed by atoms with Gasteiger partial charge in [-0.3, -0.25) is 0 Å². The summed E-state index contributed by atoms with van der Waals surface area (Å²) in [6.07, 6.45) is 0. The Kier molecular flexibility index (Phi) is 6.27. The second-order valence-electron chi connectivity index (χ2n) is 2.77. The van der Waals surface area contributed by atoms with Crippen molar-refractivity contribution in [1.82, 2.24) is 0 Å². The second kappa shape index (κ2) is 7.49. The largest absolute Gasteiger partial charge is 0.708 e. The highest BCUT2D eigenvalue weighted by atomic mass is 32.1. The SMILES string of the molecule is OB(O)Oc1cccs1.OB(O)c1cccs1. The van der Waals surface area contributed by atoms with Crippen LogP contribution in [0.3, 0.4) is 0 Å². The molecule has 17 heavy (non-hydrogen) atoms. The van der Waals surface area contributed by atoms with Crippen molar-refractivity contribution in [2.24, 2.45) is 0 Å². The van der Waals surface area contributed by atoms with Crippen molar-refractivity contribution in [2.45, 2.75) is 0 Å². The van der Waals surface area contributed by atoms with Gasteiger partial charge in [0.1, 0.15) is 0 Å². The van der Waals surface area contributed by atoms with Crippen LogP contribution in [0.25, 0.3) is 0 Å². The molecule has 0 fully saturated rings. The monoisotopic (exact) mass is 272 g/mol. The molecule has 5 nitrogen and oxygen atoms in total. The Bertz CT molecular complexity index is 390. The Morgan fingerprint density at radius 2 is 1.59 bits per heavy atom. The van der Waals surface area contributed by atoms with Crippen molar-refractivity contribution < 1.29 is 24.8 Å². The fourth-order valence-corrected chi connectivity index (χ4v) is 2.06. The average Bonchev–Trinajstić information content (AvgIpc) is 2.87. The molecule has 2 heterocycles. The lowest BCUT2D eigenvalue weighted by Crippen LogP contribution is -2.26. The molecule has 0 aliphatic carbocycles.